The standard InChI is InChI=1S/C15H15NO/c1-11-7-6-8-12(2)14(11)16-15(17)13-9-4-3-5-10-13/h3-10H,1-2H3,(H,16,17)/i/hD. The van der Waals surface area contributed by atoms with E-state index in [-0.39, 0.29) is 0 Å². The zero-order valence-corrected chi connectivity index (χ0v) is 9.97. The van der Waals surface area contributed by atoms with Gasteiger partial charge in [0.25, 0.3) is 1.43 Å². The fraction of sp³-hybridized carbons (Fsp3) is 0.133. The molecule has 2 aromatic carbocycles. The van der Waals surface area contributed by atoms with E-state index in [0.29, 0.717) is 5.90 Å². The number of aliphatic hydroxyl groups excluding tert-OH is 1. The third kappa shape index (κ3) is 2.53. The van der Waals surface area contributed by atoms with E-state index in [2.05, 4.69) is 10.1 Å². The number of benzene rings is 2. The Balaban J connectivity index is 2.48. The van der Waals surface area contributed by atoms with Crippen LogP contribution < -0.4 is 0 Å². The number of aliphatic hydroxyl groups is 1. The molecule has 0 aliphatic heterocycles. The minimum absolute atomic E-state index is 0.313. The number of aryl methyl sites for hydroxylation is 2. The predicted molar refractivity (Wildman–Crippen MR) is 71.2 cm³/mol. The first-order valence-corrected chi connectivity index (χ1v) is 5.56. The van der Waals surface area contributed by atoms with Gasteiger partial charge in [0, 0.05) is 5.56 Å². The lowest BCUT2D eigenvalue weighted by atomic mass is 10.1. The smallest absolute Gasteiger partial charge is 0.295 e. The SMILES string of the molecule is [2H]OC(=Nc1c(C)cccc1C)c1ccccc1. The molecule has 0 amide bonds. The molecule has 0 saturated heterocycles. The van der Waals surface area contributed by atoms with E-state index in [9.17, 15) is 0 Å². The second-order valence-corrected chi connectivity index (χ2v) is 4.02. The van der Waals surface area contributed by atoms with E-state index in [4.69, 9.17) is 1.43 Å². The quantitative estimate of drug-likeness (QED) is 0.610. The molecule has 0 fully saturated rings. The van der Waals surface area contributed by atoms with Gasteiger partial charge in [-0.1, -0.05) is 36.4 Å². The zero-order valence-electron chi connectivity index (χ0n) is 11.0. The van der Waals surface area contributed by atoms with Crippen LogP contribution in [-0.2, 0) is 0 Å². The number of nitrogens with zero attached hydrogens (tertiary/aromatic N) is 1. The van der Waals surface area contributed by atoms with Crippen LogP contribution in [0.5, 0.6) is 0 Å². The molecule has 86 valence electrons. The molecule has 0 spiro atoms. The van der Waals surface area contributed by atoms with Crippen molar-refractivity contribution in [2.24, 2.45) is 4.99 Å². The summed E-state index contributed by atoms with van der Waals surface area (Å²) in [6.07, 6.45) is 0. The van der Waals surface area contributed by atoms with Gasteiger partial charge in [-0.05, 0) is 37.1 Å². The lowest BCUT2D eigenvalue weighted by Gasteiger charge is -2.05. The van der Waals surface area contributed by atoms with E-state index in [0.717, 1.165) is 22.4 Å². The molecule has 0 radical (unpaired) electrons. The summed E-state index contributed by atoms with van der Waals surface area (Å²) in [7, 11) is 0. The van der Waals surface area contributed by atoms with Crippen LogP contribution in [0.4, 0.5) is 5.69 Å². The summed E-state index contributed by atoms with van der Waals surface area (Å²) in [5, 5.41) is 4.65. The monoisotopic (exact) mass is 226 g/mol. The topological polar surface area (TPSA) is 32.6 Å². The molecule has 0 heterocycles. The maximum absolute atomic E-state index is 7.16. The van der Waals surface area contributed by atoms with Crippen LogP contribution in [0, 0.1) is 13.8 Å². The summed E-state index contributed by atoms with van der Waals surface area (Å²) < 4.78 is 7.16. The molecular weight excluding hydrogens is 210 g/mol. The van der Waals surface area contributed by atoms with Gasteiger partial charge in [0.05, 0.1) is 5.69 Å². The van der Waals surface area contributed by atoms with Crippen LogP contribution in [0.1, 0.15) is 16.7 Å². The third-order valence-corrected chi connectivity index (χ3v) is 2.67. The molecule has 0 unspecified atom stereocenters. The van der Waals surface area contributed by atoms with E-state index in [1.165, 1.54) is 0 Å². The Morgan fingerprint density at radius 2 is 1.65 bits per heavy atom. The van der Waals surface area contributed by atoms with E-state index >= 15 is 0 Å². The number of para-hydroxylation sites is 1. The average Bonchev–Trinajstić information content (AvgIpc) is 2.40. The highest BCUT2D eigenvalue weighted by molar-refractivity contribution is 5.94. The molecule has 2 rings (SSSR count). The highest BCUT2D eigenvalue weighted by atomic mass is 16.3. The van der Waals surface area contributed by atoms with Gasteiger partial charge >= 0.3 is 0 Å². The molecular formula is C15H15NO. The number of hydrogen-bond acceptors (Lipinski definition) is 2. The first-order chi connectivity index (χ1) is 8.72. The van der Waals surface area contributed by atoms with Crippen LogP contribution >= 0.6 is 0 Å². The van der Waals surface area contributed by atoms with E-state index in [1.807, 2.05) is 62.4 Å². The summed E-state index contributed by atoms with van der Waals surface area (Å²) in [6.45, 7) is 4.00. The molecule has 0 aromatic heterocycles. The van der Waals surface area contributed by atoms with Crippen LogP contribution in [0.2, 0.25) is 0 Å². The van der Waals surface area contributed by atoms with Crippen molar-refractivity contribution in [3.8, 4) is 0 Å². The normalized spacial score (nSPS) is 12.1. The fourth-order valence-electron chi connectivity index (χ4n) is 1.73. The maximum atomic E-state index is 7.16. The number of aliphatic imine (C=N–C) groups is 1. The molecule has 0 aliphatic carbocycles. The fourth-order valence-corrected chi connectivity index (χ4v) is 1.73. The summed E-state index contributed by atoms with van der Waals surface area (Å²) in [4.78, 5) is 4.45. The largest absolute Gasteiger partial charge is 0.493 e. The van der Waals surface area contributed by atoms with Crippen molar-refractivity contribution in [2.45, 2.75) is 13.8 Å². The lowest BCUT2D eigenvalue weighted by Crippen LogP contribution is -1.98. The summed E-state index contributed by atoms with van der Waals surface area (Å²) in [5.41, 5.74) is 3.81. The van der Waals surface area contributed by atoms with Gasteiger partial charge in [-0.15, -0.1) is 0 Å². The van der Waals surface area contributed by atoms with Crippen LogP contribution in [0.3, 0.4) is 0 Å². The lowest BCUT2D eigenvalue weighted by molar-refractivity contribution is 0.555. The van der Waals surface area contributed by atoms with Crippen LogP contribution in [0.15, 0.2) is 53.5 Å². The molecule has 2 nitrogen and oxygen atoms in total. The van der Waals surface area contributed by atoms with Crippen molar-refractivity contribution in [1.29, 1.82) is 1.43 Å². The van der Waals surface area contributed by atoms with E-state index < -0.39 is 0 Å². The Kier molecular flexibility index (Phi) is 2.87. The van der Waals surface area contributed by atoms with Crippen molar-refractivity contribution >= 4 is 11.6 Å². The Hall–Kier alpha value is -2.09. The molecule has 2 heteroatoms. The highest BCUT2D eigenvalue weighted by Gasteiger charge is 2.04. The summed E-state index contributed by atoms with van der Waals surface area (Å²) >= 11 is 0. The van der Waals surface area contributed by atoms with Crippen molar-refractivity contribution in [2.75, 3.05) is 0 Å². The van der Waals surface area contributed by atoms with E-state index in [1.54, 1.807) is 0 Å². The maximum Gasteiger partial charge on any atom is 0.295 e. The minimum atomic E-state index is 0.313. The predicted octanol–water partition coefficient (Wildman–Crippen LogP) is 3.94. The van der Waals surface area contributed by atoms with Crippen molar-refractivity contribution < 1.29 is 5.11 Å². The van der Waals surface area contributed by atoms with Gasteiger partial charge in [0.15, 0.2) is 0 Å². The summed E-state index contributed by atoms with van der Waals surface area (Å²) in [6, 6.07) is 15.5. The zero-order chi connectivity index (χ0) is 13.0. The first-order valence-electron chi connectivity index (χ1n) is 5.96. The Bertz CT molecular complexity index is 544. The van der Waals surface area contributed by atoms with Crippen molar-refractivity contribution in [3.05, 3.63) is 65.2 Å². The van der Waals surface area contributed by atoms with Gasteiger partial charge < -0.3 is 5.11 Å². The average molecular weight is 226 g/mol. The second-order valence-electron chi connectivity index (χ2n) is 4.02. The van der Waals surface area contributed by atoms with Gasteiger partial charge in [-0.2, -0.15) is 0 Å². The highest BCUT2D eigenvalue weighted by Crippen LogP contribution is 2.23. The van der Waals surface area contributed by atoms with Gasteiger partial charge in [0.1, 0.15) is 0 Å². The molecule has 2 aromatic rings. The molecule has 0 aliphatic rings. The number of hydrogen-bond donors (Lipinski definition) is 1. The Morgan fingerprint density at radius 1 is 1.00 bits per heavy atom. The van der Waals surface area contributed by atoms with Crippen molar-refractivity contribution in [1.82, 2.24) is 0 Å². The molecule has 0 bridgehead atoms. The minimum Gasteiger partial charge on any atom is -0.493 e. The molecule has 17 heavy (non-hydrogen) atoms. The third-order valence-electron chi connectivity index (χ3n) is 2.67. The Labute approximate surface area is 103 Å². The molecule has 0 saturated carbocycles. The van der Waals surface area contributed by atoms with Crippen LogP contribution in [0.25, 0.3) is 1.43 Å². The second kappa shape index (κ2) is 4.83. The van der Waals surface area contributed by atoms with Gasteiger partial charge in [-0.25, -0.2) is 4.99 Å². The van der Waals surface area contributed by atoms with Crippen LogP contribution in [-0.4, -0.2) is 11.0 Å². The Morgan fingerprint density at radius 3 is 2.24 bits per heavy atom. The number of rotatable bonds is 2. The van der Waals surface area contributed by atoms with Crippen molar-refractivity contribution in [3.63, 3.8) is 0 Å². The van der Waals surface area contributed by atoms with Gasteiger partial charge in [-0.3, -0.25) is 0 Å². The summed E-state index contributed by atoms with van der Waals surface area (Å²) in [5.74, 6) is 0.313. The molecule has 0 atom stereocenters. The first kappa shape index (κ1) is 10.1. The van der Waals surface area contributed by atoms with Gasteiger partial charge in [0.2, 0.25) is 5.90 Å². The molecule has 1 N–H and O–H groups in total.